The first-order valence-electron chi connectivity index (χ1n) is 9.76. The number of aryl methyl sites for hydroxylation is 2. The summed E-state index contributed by atoms with van der Waals surface area (Å²) in [5, 5.41) is 0. The first-order chi connectivity index (χ1) is 13.0. The third-order valence-electron chi connectivity index (χ3n) is 5.80. The number of nitrogens with zero attached hydrogens (tertiary/aromatic N) is 1. The average Bonchev–Trinajstić information content (AvgIpc) is 3.14. The van der Waals surface area contributed by atoms with Crippen LogP contribution in [0.15, 0.2) is 42.5 Å². The van der Waals surface area contributed by atoms with Crippen LogP contribution in [0.3, 0.4) is 0 Å². The van der Waals surface area contributed by atoms with Crippen LogP contribution in [0, 0.1) is 13.8 Å². The highest BCUT2D eigenvalue weighted by Crippen LogP contribution is 2.31. The third kappa shape index (κ3) is 3.98. The molecular formula is C23H27NO3. The number of piperidine rings is 1. The zero-order chi connectivity index (χ0) is 18.9. The molecule has 27 heavy (non-hydrogen) atoms. The number of carbonyl (C=O) groups is 1. The van der Waals surface area contributed by atoms with Gasteiger partial charge in [0, 0.05) is 43.6 Å². The first kappa shape index (κ1) is 18.4. The molecule has 0 bridgehead atoms. The number of ether oxygens (including phenoxy) is 2. The summed E-state index contributed by atoms with van der Waals surface area (Å²) in [5.74, 6) is -0.247. The Labute approximate surface area is 161 Å². The Balaban J connectivity index is 1.43. The van der Waals surface area contributed by atoms with Gasteiger partial charge in [-0.05, 0) is 42.7 Å². The van der Waals surface area contributed by atoms with E-state index in [0.717, 1.165) is 49.2 Å². The Morgan fingerprint density at radius 1 is 0.963 bits per heavy atom. The fourth-order valence-corrected chi connectivity index (χ4v) is 3.96. The predicted octanol–water partition coefficient (Wildman–Crippen LogP) is 3.87. The van der Waals surface area contributed by atoms with Gasteiger partial charge in [0.2, 0.25) is 0 Å². The monoisotopic (exact) mass is 365 g/mol. The highest BCUT2D eigenvalue weighted by Gasteiger charge is 2.39. The molecule has 2 saturated heterocycles. The molecule has 0 unspecified atom stereocenters. The lowest BCUT2D eigenvalue weighted by Gasteiger charge is -2.37. The molecule has 2 aromatic rings. The van der Waals surface area contributed by atoms with E-state index in [1.54, 1.807) is 0 Å². The van der Waals surface area contributed by atoms with E-state index in [1.807, 2.05) is 43.3 Å². The molecule has 4 heteroatoms. The second kappa shape index (κ2) is 7.55. The van der Waals surface area contributed by atoms with Gasteiger partial charge in [0.25, 0.3) is 0 Å². The molecule has 2 aliphatic heterocycles. The van der Waals surface area contributed by atoms with Crippen LogP contribution in [0.25, 0.3) is 0 Å². The van der Waals surface area contributed by atoms with Crippen molar-refractivity contribution in [1.29, 1.82) is 0 Å². The molecule has 0 N–H and O–H groups in total. The van der Waals surface area contributed by atoms with E-state index in [-0.39, 0.29) is 11.6 Å². The Morgan fingerprint density at radius 3 is 2.37 bits per heavy atom. The van der Waals surface area contributed by atoms with E-state index >= 15 is 0 Å². The van der Waals surface area contributed by atoms with Crippen LogP contribution in [0.4, 0.5) is 0 Å². The number of hydrogen-bond acceptors (Lipinski definition) is 4. The van der Waals surface area contributed by atoms with E-state index < -0.39 is 0 Å². The summed E-state index contributed by atoms with van der Waals surface area (Å²) in [6.07, 6.45) is 1.82. The van der Waals surface area contributed by atoms with Crippen molar-refractivity contribution in [1.82, 2.24) is 4.90 Å². The summed E-state index contributed by atoms with van der Waals surface area (Å²) in [6, 6.07) is 13.9. The van der Waals surface area contributed by atoms with Crippen molar-refractivity contribution in [3.63, 3.8) is 0 Å². The molecule has 142 valence electrons. The Morgan fingerprint density at radius 2 is 1.67 bits per heavy atom. The molecule has 0 amide bonds. The number of ketones is 1. The van der Waals surface area contributed by atoms with Crippen LogP contribution in [0.1, 0.15) is 45.5 Å². The van der Waals surface area contributed by atoms with E-state index in [1.165, 1.54) is 11.1 Å². The summed E-state index contributed by atoms with van der Waals surface area (Å²) in [6.45, 7) is 8.29. The minimum absolute atomic E-state index is 0.0882. The van der Waals surface area contributed by atoms with Crippen LogP contribution in [0.2, 0.25) is 0 Å². The normalized spacial score (nSPS) is 19.5. The quantitative estimate of drug-likeness (QED) is 0.771. The molecule has 2 aromatic carbocycles. The SMILES string of the molecule is Cc1ccc(C(=O)c2cccc(CN3CCC4(CC3)OCCO4)c2)cc1C. The molecule has 4 rings (SSSR count). The molecule has 0 saturated carbocycles. The summed E-state index contributed by atoms with van der Waals surface area (Å²) in [7, 11) is 0. The minimum Gasteiger partial charge on any atom is -0.347 e. The Hall–Kier alpha value is -2.01. The zero-order valence-electron chi connectivity index (χ0n) is 16.2. The molecule has 2 heterocycles. The smallest absolute Gasteiger partial charge is 0.193 e. The number of rotatable bonds is 4. The van der Waals surface area contributed by atoms with Gasteiger partial charge >= 0.3 is 0 Å². The van der Waals surface area contributed by atoms with Gasteiger partial charge in [0.05, 0.1) is 13.2 Å². The topological polar surface area (TPSA) is 38.8 Å². The zero-order valence-corrected chi connectivity index (χ0v) is 16.2. The van der Waals surface area contributed by atoms with Crippen molar-refractivity contribution >= 4 is 5.78 Å². The van der Waals surface area contributed by atoms with Gasteiger partial charge in [0.1, 0.15) is 0 Å². The summed E-state index contributed by atoms with van der Waals surface area (Å²) < 4.78 is 11.6. The molecular weight excluding hydrogens is 338 g/mol. The van der Waals surface area contributed by atoms with Gasteiger partial charge < -0.3 is 9.47 Å². The largest absolute Gasteiger partial charge is 0.347 e. The second-order valence-electron chi connectivity index (χ2n) is 7.71. The molecule has 2 aliphatic rings. The van der Waals surface area contributed by atoms with Crippen molar-refractivity contribution in [2.24, 2.45) is 0 Å². The lowest BCUT2D eigenvalue weighted by atomic mass is 9.97. The maximum atomic E-state index is 12.9. The van der Waals surface area contributed by atoms with E-state index in [0.29, 0.717) is 13.2 Å². The van der Waals surface area contributed by atoms with Crippen LogP contribution < -0.4 is 0 Å². The van der Waals surface area contributed by atoms with Gasteiger partial charge in [-0.3, -0.25) is 9.69 Å². The van der Waals surface area contributed by atoms with Crippen molar-refractivity contribution in [3.8, 4) is 0 Å². The van der Waals surface area contributed by atoms with Gasteiger partial charge in [-0.15, -0.1) is 0 Å². The van der Waals surface area contributed by atoms with Crippen LogP contribution >= 0.6 is 0 Å². The molecule has 1 spiro atoms. The second-order valence-corrected chi connectivity index (χ2v) is 7.71. The standard InChI is InChI=1S/C23H27NO3/c1-17-6-7-21(14-18(17)2)22(25)20-5-3-4-19(15-20)16-24-10-8-23(9-11-24)26-12-13-27-23/h3-7,14-15H,8-13,16H2,1-2H3. The summed E-state index contributed by atoms with van der Waals surface area (Å²) in [5.41, 5.74) is 5.04. The summed E-state index contributed by atoms with van der Waals surface area (Å²) in [4.78, 5) is 15.3. The highest BCUT2D eigenvalue weighted by molar-refractivity contribution is 6.09. The minimum atomic E-state index is -0.336. The third-order valence-corrected chi connectivity index (χ3v) is 5.80. The van der Waals surface area contributed by atoms with Crippen LogP contribution in [-0.4, -0.2) is 42.8 Å². The lowest BCUT2D eigenvalue weighted by molar-refractivity contribution is -0.185. The molecule has 0 aromatic heterocycles. The molecule has 0 radical (unpaired) electrons. The van der Waals surface area contributed by atoms with Crippen LogP contribution in [-0.2, 0) is 16.0 Å². The summed E-state index contributed by atoms with van der Waals surface area (Å²) >= 11 is 0. The number of likely N-dealkylation sites (tertiary alicyclic amines) is 1. The van der Waals surface area contributed by atoms with E-state index in [2.05, 4.69) is 17.9 Å². The Bertz CT molecular complexity index is 829. The van der Waals surface area contributed by atoms with Crippen LogP contribution in [0.5, 0.6) is 0 Å². The molecule has 0 aliphatic carbocycles. The number of benzene rings is 2. The molecule has 0 atom stereocenters. The van der Waals surface area contributed by atoms with Gasteiger partial charge in [-0.2, -0.15) is 0 Å². The average molecular weight is 365 g/mol. The van der Waals surface area contributed by atoms with Crippen molar-refractivity contribution in [3.05, 3.63) is 70.3 Å². The van der Waals surface area contributed by atoms with Gasteiger partial charge in [-0.1, -0.05) is 30.3 Å². The fourth-order valence-electron chi connectivity index (χ4n) is 3.96. The maximum absolute atomic E-state index is 12.9. The number of carbonyl (C=O) groups excluding carboxylic acids is 1. The maximum Gasteiger partial charge on any atom is 0.193 e. The first-order valence-corrected chi connectivity index (χ1v) is 9.76. The number of hydrogen-bond donors (Lipinski definition) is 0. The van der Waals surface area contributed by atoms with Crippen molar-refractivity contribution in [2.75, 3.05) is 26.3 Å². The highest BCUT2D eigenvalue weighted by atomic mass is 16.7. The Kier molecular flexibility index (Phi) is 5.13. The fraction of sp³-hybridized carbons (Fsp3) is 0.435. The van der Waals surface area contributed by atoms with E-state index in [4.69, 9.17) is 9.47 Å². The van der Waals surface area contributed by atoms with Gasteiger partial charge in [-0.25, -0.2) is 0 Å². The predicted molar refractivity (Wildman–Crippen MR) is 105 cm³/mol. The molecule has 2 fully saturated rings. The van der Waals surface area contributed by atoms with Gasteiger partial charge in [0.15, 0.2) is 11.6 Å². The van der Waals surface area contributed by atoms with Crippen molar-refractivity contribution in [2.45, 2.75) is 39.0 Å². The molecule has 4 nitrogen and oxygen atoms in total. The lowest BCUT2D eigenvalue weighted by Crippen LogP contribution is -2.44. The van der Waals surface area contributed by atoms with Crippen molar-refractivity contribution < 1.29 is 14.3 Å². The van der Waals surface area contributed by atoms with E-state index in [9.17, 15) is 4.79 Å².